The van der Waals surface area contributed by atoms with Crippen LogP contribution in [0.1, 0.15) is 29.5 Å². The minimum absolute atomic E-state index is 0.0237. The molecular formula is C24H22F7N3O2. The number of rotatable bonds is 5. The van der Waals surface area contributed by atoms with Crippen molar-refractivity contribution in [3.63, 3.8) is 0 Å². The maximum atomic E-state index is 13.4. The first kappa shape index (κ1) is 27.2. The molecule has 2 amide bonds. The molecule has 1 saturated heterocycles. The molecule has 1 heterocycles. The van der Waals surface area contributed by atoms with Crippen LogP contribution in [0.15, 0.2) is 48.5 Å². The molecular weight excluding hydrogens is 495 g/mol. The van der Waals surface area contributed by atoms with Crippen LogP contribution < -0.4 is 15.5 Å². The first-order valence-electron chi connectivity index (χ1n) is 10.8. The summed E-state index contributed by atoms with van der Waals surface area (Å²) in [6.45, 7) is 0.551. The van der Waals surface area contributed by atoms with Crippen molar-refractivity contribution in [3.05, 3.63) is 71.0 Å². The minimum Gasteiger partial charge on any atom is -0.338 e. The Morgan fingerprint density at radius 2 is 1.47 bits per heavy atom. The predicted octanol–water partition coefficient (Wildman–Crippen LogP) is 4.78. The van der Waals surface area contributed by atoms with Crippen LogP contribution in [-0.4, -0.2) is 37.5 Å². The fourth-order valence-corrected chi connectivity index (χ4v) is 3.84. The number of piperidine rings is 1. The number of carbonyl (C=O) groups is 2. The van der Waals surface area contributed by atoms with Gasteiger partial charge in [0.15, 0.2) is 0 Å². The van der Waals surface area contributed by atoms with E-state index in [-0.39, 0.29) is 32.0 Å². The van der Waals surface area contributed by atoms with E-state index in [1.165, 1.54) is 30.3 Å². The Hall–Kier alpha value is -3.41. The van der Waals surface area contributed by atoms with Gasteiger partial charge in [0, 0.05) is 18.8 Å². The number of nitrogens with zero attached hydrogens (tertiary/aromatic N) is 1. The molecule has 0 atom stereocenters. The highest BCUT2D eigenvalue weighted by Crippen LogP contribution is 2.38. The Kier molecular flexibility index (Phi) is 7.77. The SMILES string of the molecule is CN(C(=O)C1(NC(=O)/C=C/c2ccc(F)cc2)CCNCC1)c1cc(C(F)(F)F)cc(C(F)(F)F)c1. The van der Waals surface area contributed by atoms with Crippen molar-refractivity contribution >= 4 is 23.6 Å². The summed E-state index contributed by atoms with van der Waals surface area (Å²) in [5.74, 6) is -2.04. The summed E-state index contributed by atoms with van der Waals surface area (Å²) in [6, 6.07) is 6.11. The minimum atomic E-state index is -5.08. The van der Waals surface area contributed by atoms with Gasteiger partial charge in [-0.3, -0.25) is 9.59 Å². The number of likely N-dealkylation sites (N-methyl/N-ethyl adjacent to an activating group) is 1. The van der Waals surface area contributed by atoms with Gasteiger partial charge in [0.05, 0.1) is 11.1 Å². The molecule has 0 aromatic heterocycles. The van der Waals surface area contributed by atoms with Gasteiger partial charge < -0.3 is 15.5 Å². The topological polar surface area (TPSA) is 61.4 Å². The van der Waals surface area contributed by atoms with Crippen molar-refractivity contribution in [2.24, 2.45) is 0 Å². The summed E-state index contributed by atoms with van der Waals surface area (Å²) in [5, 5.41) is 5.57. The van der Waals surface area contributed by atoms with Crippen LogP contribution in [0, 0.1) is 5.82 Å². The van der Waals surface area contributed by atoms with Crippen LogP contribution >= 0.6 is 0 Å². The number of amides is 2. The fourth-order valence-electron chi connectivity index (χ4n) is 3.84. The normalized spacial score (nSPS) is 16.1. The number of alkyl halides is 6. The molecule has 1 aliphatic rings. The molecule has 1 fully saturated rings. The van der Waals surface area contributed by atoms with Crippen molar-refractivity contribution in [2.45, 2.75) is 30.7 Å². The zero-order chi connectivity index (χ0) is 26.7. The van der Waals surface area contributed by atoms with Crippen molar-refractivity contribution in [3.8, 4) is 0 Å². The van der Waals surface area contributed by atoms with Crippen LogP contribution in [0.4, 0.5) is 36.4 Å². The smallest absolute Gasteiger partial charge is 0.338 e. The van der Waals surface area contributed by atoms with Crippen molar-refractivity contribution < 1.29 is 40.3 Å². The van der Waals surface area contributed by atoms with E-state index in [0.29, 0.717) is 22.6 Å². The van der Waals surface area contributed by atoms with Crippen LogP contribution in [0.25, 0.3) is 6.08 Å². The van der Waals surface area contributed by atoms with Crippen LogP contribution in [-0.2, 0) is 21.9 Å². The Labute approximate surface area is 202 Å². The molecule has 0 aliphatic carbocycles. The highest BCUT2D eigenvalue weighted by atomic mass is 19.4. The van der Waals surface area contributed by atoms with Gasteiger partial charge in [0.25, 0.3) is 5.91 Å². The molecule has 0 saturated carbocycles. The number of halogens is 7. The average Bonchev–Trinajstić information content (AvgIpc) is 2.82. The van der Waals surface area contributed by atoms with Gasteiger partial charge in [-0.15, -0.1) is 0 Å². The first-order chi connectivity index (χ1) is 16.7. The molecule has 2 aromatic carbocycles. The number of hydrogen-bond donors (Lipinski definition) is 2. The predicted molar refractivity (Wildman–Crippen MR) is 118 cm³/mol. The van der Waals surface area contributed by atoms with Gasteiger partial charge in [-0.2, -0.15) is 26.3 Å². The molecule has 2 N–H and O–H groups in total. The van der Waals surface area contributed by atoms with Gasteiger partial charge >= 0.3 is 12.4 Å². The summed E-state index contributed by atoms with van der Waals surface area (Å²) >= 11 is 0. The van der Waals surface area contributed by atoms with E-state index in [2.05, 4.69) is 10.6 Å². The lowest BCUT2D eigenvalue weighted by Crippen LogP contribution is -2.63. The average molecular weight is 517 g/mol. The summed E-state index contributed by atoms with van der Waals surface area (Å²) in [5.41, 5.74) is -4.80. The number of nitrogens with one attached hydrogen (secondary N) is 2. The zero-order valence-corrected chi connectivity index (χ0v) is 18.9. The Balaban J connectivity index is 1.91. The van der Waals surface area contributed by atoms with Gasteiger partial charge in [-0.05, 0) is 67.9 Å². The van der Waals surface area contributed by atoms with E-state index in [4.69, 9.17) is 0 Å². The molecule has 1 aliphatic heterocycles. The van der Waals surface area contributed by atoms with E-state index < -0.39 is 52.3 Å². The quantitative estimate of drug-likeness (QED) is 0.444. The largest absolute Gasteiger partial charge is 0.416 e. The van der Waals surface area contributed by atoms with E-state index >= 15 is 0 Å². The second-order valence-corrected chi connectivity index (χ2v) is 8.33. The summed E-state index contributed by atoms with van der Waals surface area (Å²) < 4.78 is 92.8. The molecule has 0 spiro atoms. The van der Waals surface area contributed by atoms with Crippen molar-refractivity contribution in [1.29, 1.82) is 0 Å². The summed E-state index contributed by atoms with van der Waals surface area (Å²) in [4.78, 5) is 26.8. The number of anilines is 1. The third-order valence-electron chi connectivity index (χ3n) is 5.79. The van der Waals surface area contributed by atoms with E-state index in [1.54, 1.807) is 0 Å². The van der Waals surface area contributed by atoms with Crippen molar-refractivity contribution in [2.75, 3.05) is 25.0 Å². The third-order valence-corrected chi connectivity index (χ3v) is 5.79. The highest BCUT2D eigenvalue weighted by Gasteiger charge is 2.44. The van der Waals surface area contributed by atoms with Crippen LogP contribution in [0.2, 0.25) is 0 Å². The van der Waals surface area contributed by atoms with E-state index in [1.807, 2.05) is 0 Å². The van der Waals surface area contributed by atoms with Crippen LogP contribution in [0.3, 0.4) is 0 Å². The molecule has 194 valence electrons. The van der Waals surface area contributed by atoms with Gasteiger partial charge in [-0.1, -0.05) is 12.1 Å². The number of benzene rings is 2. The highest BCUT2D eigenvalue weighted by molar-refractivity contribution is 6.04. The zero-order valence-electron chi connectivity index (χ0n) is 18.9. The number of carbonyl (C=O) groups excluding carboxylic acids is 2. The van der Waals surface area contributed by atoms with Crippen LogP contribution in [0.5, 0.6) is 0 Å². The van der Waals surface area contributed by atoms with Gasteiger partial charge in [0.1, 0.15) is 11.4 Å². The molecule has 3 rings (SSSR count). The molecule has 0 radical (unpaired) electrons. The maximum absolute atomic E-state index is 13.4. The van der Waals surface area contributed by atoms with E-state index in [0.717, 1.165) is 13.1 Å². The lowest BCUT2D eigenvalue weighted by atomic mass is 9.86. The lowest BCUT2D eigenvalue weighted by molar-refractivity contribution is -0.143. The second-order valence-electron chi connectivity index (χ2n) is 8.33. The second kappa shape index (κ2) is 10.3. The van der Waals surface area contributed by atoms with E-state index in [9.17, 15) is 40.3 Å². The maximum Gasteiger partial charge on any atom is 0.416 e. The fraction of sp³-hybridized carbons (Fsp3) is 0.333. The van der Waals surface area contributed by atoms with Gasteiger partial charge in [0.2, 0.25) is 5.91 Å². The molecule has 0 bridgehead atoms. The third kappa shape index (κ3) is 6.42. The Morgan fingerprint density at radius 1 is 0.944 bits per heavy atom. The van der Waals surface area contributed by atoms with Gasteiger partial charge in [-0.25, -0.2) is 4.39 Å². The first-order valence-corrected chi connectivity index (χ1v) is 10.8. The Morgan fingerprint density at radius 3 is 1.97 bits per heavy atom. The monoisotopic (exact) mass is 517 g/mol. The molecule has 12 heteroatoms. The molecule has 5 nitrogen and oxygen atoms in total. The molecule has 2 aromatic rings. The summed E-state index contributed by atoms with van der Waals surface area (Å²) in [6.07, 6.45) is -7.57. The molecule has 36 heavy (non-hydrogen) atoms. The van der Waals surface area contributed by atoms with Crippen molar-refractivity contribution in [1.82, 2.24) is 10.6 Å². The lowest BCUT2D eigenvalue weighted by Gasteiger charge is -2.39. The summed E-state index contributed by atoms with van der Waals surface area (Å²) in [7, 11) is 1.06. The number of hydrogen-bond acceptors (Lipinski definition) is 3. The standard InChI is InChI=1S/C24H22F7N3O2/c1-34(19-13-16(23(26,27)28)12-17(14-19)24(29,30)31)21(36)22(8-10-32-11-9-22)33-20(35)7-4-15-2-5-18(25)6-3-15/h2-7,12-14,32H,8-11H2,1H3,(H,33,35)/b7-4+. The Bertz CT molecular complexity index is 1100. The molecule has 0 unspecified atom stereocenters.